The zero-order chi connectivity index (χ0) is 22.3. The number of carbonyl (C=O) groups is 1. The summed E-state index contributed by atoms with van der Waals surface area (Å²) in [5, 5.41) is 6.54. The van der Waals surface area contributed by atoms with Crippen molar-refractivity contribution in [2.45, 2.75) is 19.8 Å². The van der Waals surface area contributed by atoms with E-state index >= 15 is 0 Å². The highest BCUT2D eigenvalue weighted by atomic mass is 35.5. The molecule has 162 valence electrons. The first kappa shape index (κ1) is 22.1. The molecular formula is C26H23ClN2O2S. The molecule has 0 aliphatic carbocycles. The number of benzene rings is 3. The number of rotatable bonds is 8. The number of anilines is 1. The van der Waals surface area contributed by atoms with E-state index in [2.05, 4.69) is 12.2 Å². The van der Waals surface area contributed by atoms with Crippen LogP contribution in [0.25, 0.3) is 21.8 Å². The van der Waals surface area contributed by atoms with E-state index in [1.54, 1.807) is 11.3 Å². The van der Waals surface area contributed by atoms with E-state index in [0.29, 0.717) is 16.5 Å². The van der Waals surface area contributed by atoms with Crippen molar-refractivity contribution in [3.63, 3.8) is 0 Å². The Bertz CT molecular complexity index is 1170. The maximum atomic E-state index is 12.2. The Morgan fingerprint density at radius 3 is 2.34 bits per heavy atom. The molecule has 0 bridgehead atoms. The third kappa shape index (κ3) is 5.75. The fraction of sp³-hybridized carbons (Fsp3) is 0.154. The van der Waals surface area contributed by atoms with Crippen molar-refractivity contribution in [1.82, 2.24) is 4.98 Å². The molecule has 1 N–H and O–H groups in total. The first-order valence-electron chi connectivity index (χ1n) is 10.4. The summed E-state index contributed by atoms with van der Waals surface area (Å²) in [7, 11) is 0. The Morgan fingerprint density at radius 1 is 0.969 bits per heavy atom. The van der Waals surface area contributed by atoms with E-state index < -0.39 is 0 Å². The molecule has 0 aliphatic heterocycles. The van der Waals surface area contributed by atoms with Crippen LogP contribution in [0.5, 0.6) is 5.75 Å². The third-order valence-electron chi connectivity index (χ3n) is 4.89. The quantitative estimate of drug-likeness (QED) is 0.304. The molecule has 6 heteroatoms. The van der Waals surface area contributed by atoms with Gasteiger partial charge in [0, 0.05) is 27.2 Å². The number of halogens is 1. The molecule has 1 aromatic heterocycles. The summed E-state index contributed by atoms with van der Waals surface area (Å²) in [4.78, 5) is 17.0. The zero-order valence-corrected chi connectivity index (χ0v) is 19.2. The van der Waals surface area contributed by atoms with Crippen molar-refractivity contribution in [3.8, 4) is 27.6 Å². The summed E-state index contributed by atoms with van der Waals surface area (Å²) >= 11 is 7.55. The molecule has 0 aliphatic rings. The molecule has 32 heavy (non-hydrogen) atoms. The van der Waals surface area contributed by atoms with E-state index in [9.17, 15) is 4.79 Å². The Hall–Kier alpha value is -3.15. The lowest BCUT2D eigenvalue weighted by atomic mass is 10.1. The van der Waals surface area contributed by atoms with Crippen LogP contribution in [0.2, 0.25) is 5.02 Å². The lowest BCUT2D eigenvalue weighted by Crippen LogP contribution is -2.20. The molecule has 0 fully saturated rings. The number of aromatic nitrogens is 1. The largest absolute Gasteiger partial charge is 0.484 e. The van der Waals surface area contributed by atoms with Crippen LogP contribution >= 0.6 is 22.9 Å². The fourth-order valence-electron chi connectivity index (χ4n) is 3.24. The molecule has 0 atom stereocenters. The summed E-state index contributed by atoms with van der Waals surface area (Å²) in [5.41, 5.74) is 4.91. The van der Waals surface area contributed by atoms with Gasteiger partial charge in [-0.3, -0.25) is 4.79 Å². The lowest BCUT2D eigenvalue weighted by Gasteiger charge is -2.08. The maximum absolute atomic E-state index is 12.2. The van der Waals surface area contributed by atoms with Gasteiger partial charge in [0.2, 0.25) is 0 Å². The molecule has 0 unspecified atom stereocenters. The molecule has 0 spiro atoms. The predicted molar refractivity (Wildman–Crippen MR) is 133 cm³/mol. The van der Waals surface area contributed by atoms with Gasteiger partial charge in [0.1, 0.15) is 10.8 Å². The molecule has 4 rings (SSSR count). The minimum atomic E-state index is -0.200. The number of aryl methyl sites for hydroxylation is 1. The molecule has 4 aromatic rings. The van der Waals surface area contributed by atoms with Gasteiger partial charge in [0.25, 0.3) is 5.91 Å². The molecule has 0 radical (unpaired) electrons. The van der Waals surface area contributed by atoms with Gasteiger partial charge in [-0.15, -0.1) is 11.3 Å². The van der Waals surface area contributed by atoms with Crippen molar-refractivity contribution in [2.75, 3.05) is 11.9 Å². The summed E-state index contributed by atoms with van der Waals surface area (Å²) < 4.78 is 5.59. The van der Waals surface area contributed by atoms with Crippen LogP contribution in [0.15, 0.2) is 78.2 Å². The highest BCUT2D eigenvalue weighted by Crippen LogP contribution is 2.30. The predicted octanol–water partition coefficient (Wildman–Crippen LogP) is 7.10. The van der Waals surface area contributed by atoms with Gasteiger partial charge in [-0.25, -0.2) is 4.98 Å². The maximum Gasteiger partial charge on any atom is 0.262 e. The van der Waals surface area contributed by atoms with Crippen LogP contribution in [-0.4, -0.2) is 17.5 Å². The van der Waals surface area contributed by atoms with Crippen LogP contribution in [0.1, 0.15) is 18.9 Å². The fourth-order valence-corrected chi connectivity index (χ4v) is 4.20. The second kappa shape index (κ2) is 10.4. The van der Waals surface area contributed by atoms with Crippen LogP contribution in [-0.2, 0) is 11.2 Å². The van der Waals surface area contributed by atoms with Crippen molar-refractivity contribution in [3.05, 3.63) is 88.8 Å². The van der Waals surface area contributed by atoms with Gasteiger partial charge in [0.05, 0.1) is 5.69 Å². The second-order valence-corrected chi connectivity index (χ2v) is 8.65. The number of hydrogen-bond acceptors (Lipinski definition) is 4. The smallest absolute Gasteiger partial charge is 0.262 e. The number of ether oxygens (including phenoxy) is 1. The topological polar surface area (TPSA) is 51.2 Å². The van der Waals surface area contributed by atoms with Gasteiger partial charge in [-0.2, -0.15) is 0 Å². The molecule has 0 saturated heterocycles. The summed E-state index contributed by atoms with van der Waals surface area (Å²) in [6.45, 7) is 2.11. The summed E-state index contributed by atoms with van der Waals surface area (Å²) in [6.07, 6.45) is 2.15. The third-order valence-corrected chi connectivity index (χ3v) is 6.04. The minimum absolute atomic E-state index is 0.0363. The Labute approximate surface area is 196 Å². The number of nitrogens with zero attached hydrogens (tertiary/aromatic N) is 1. The minimum Gasteiger partial charge on any atom is -0.484 e. The molecule has 4 nitrogen and oxygen atoms in total. The van der Waals surface area contributed by atoms with Crippen molar-refractivity contribution in [2.24, 2.45) is 0 Å². The van der Waals surface area contributed by atoms with Crippen molar-refractivity contribution >= 4 is 34.5 Å². The first-order chi connectivity index (χ1) is 15.6. The lowest BCUT2D eigenvalue weighted by molar-refractivity contribution is -0.118. The summed E-state index contributed by atoms with van der Waals surface area (Å²) in [5.74, 6) is 0.490. The first-order valence-corrected chi connectivity index (χ1v) is 11.7. The van der Waals surface area contributed by atoms with Crippen LogP contribution in [0, 0.1) is 0 Å². The highest BCUT2D eigenvalue weighted by molar-refractivity contribution is 7.13. The average Bonchev–Trinajstić information content (AvgIpc) is 3.30. The van der Waals surface area contributed by atoms with E-state index in [-0.39, 0.29) is 12.5 Å². The van der Waals surface area contributed by atoms with Gasteiger partial charge >= 0.3 is 0 Å². The van der Waals surface area contributed by atoms with E-state index in [0.717, 1.165) is 34.7 Å². The highest BCUT2D eigenvalue weighted by Gasteiger charge is 2.08. The Balaban J connectivity index is 1.32. The normalized spacial score (nSPS) is 10.7. The number of nitrogens with one attached hydrogen (secondary N) is 1. The molecule has 0 saturated carbocycles. The molecule has 1 heterocycles. The molecule has 3 aromatic carbocycles. The van der Waals surface area contributed by atoms with Gasteiger partial charge < -0.3 is 10.1 Å². The average molecular weight is 463 g/mol. The Kier molecular flexibility index (Phi) is 7.20. The monoisotopic (exact) mass is 462 g/mol. The van der Waals surface area contributed by atoms with Crippen LogP contribution in [0.4, 0.5) is 5.69 Å². The van der Waals surface area contributed by atoms with Crippen LogP contribution in [0.3, 0.4) is 0 Å². The zero-order valence-electron chi connectivity index (χ0n) is 17.7. The van der Waals surface area contributed by atoms with Crippen LogP contribution < -0.4 is 10.1 Å². The van der Waals surface area contributed by atoms with Crippen molar-refractivity contribution < 1.29 is 9.53 Å². The second-order valence-electron chi connectivity index (χ2n) is 7.35. The van der Waals surface area contributed by atoms with E-state index in [4.69, 9.17) is 21.3 Å². The molecular weight excluding hydrogens is 440 g/mol. The van der Waals surface area contributed by atoms with Gasteiger partial charge in [-0.05, 0) is 48.4 Å². The SMILES string of the molecule is CCCc1ccc(OCC(=O)Nc2ccc(-c3csc(-c4ccc(Cl)cc4)n3)cc2)cc1. The van der Waals surface area contributed by atoms with Gasteiger partial charge in [0.15, 0.2) is 6.61 Å². The molecule has 1 amide bonds. The van der Waals surface area contributed by atoms with E-state index in [1.807, 2.05) is 78.2 Å². The number of hydrogen-bond donors (Lipinski definition) is 1. The van der Waals surface area contributed by atoms with Gasteiger partial charge in [-0.1, -0.05) is 61.3 Å². The van der Waals surface area contributed by atoms with Crippen molar-refractivity contribution in [1.29, 1.82) is 0 Å². The Morgan fingerprint density at radius 2 is 1.66 bits per heavy atom. The standard InChI is InChI=1S/C26H23ClN2O2S/c1-2-3-18-4-14-23(15-5-18)31-16-25(30)28-22-12-8-19(9-13-22)24-17-32-26(29-24)20-6-10-21(27)11-7-20/h4-15,17H,2-3,16H2,1H3,(H,28,30). The summed E-state index contributed by atoms with van der Waals surface area (Å²) in [6, 6.07) is 23.2. The number of amides is 1. The van der Waals surface area contributed by atoms with E-state index in [1.165, 1.54) is 5.56 Å². The number of thiazole rings is 1. The number of carbonyl (C=O) groups excluding carboxylic acids is 1.